The molecule has 0 aromatic heterocycles. The lowest BCUT2D eigenvalue weighted by atomic mass is 9.58. The van der Waals surface area contributed by atoms with Gasteiger partial charge in [0.15, 0.2) is 9.84 Å². The molecule has 4 rings (SSSR count). The number of hydrogen-bond donors (Lipinski definition) is 1. The smallest absolute Gasteiger partial charge is 0.224 e. The molecule has 0 atom stereocenters. The molecular formula is C16H19BrN2O4S2. The molecule has 3 saturated carbocycles. The summed E-state index contributed by atoms with van der Waals surface area (Å²) in [5.74, 6) is 0. The summed E-state index contributed by atoms with van der Waals surface area (Å²) in [4.78, 5) is -0.445. The SMILES string of the molecule is CS(=O)(=O)c1cc(Br)ccc1S(=O)(=O)NC12CCC(C#N)(CC1)CC2. The third kappa shape index (κ3) is 3.50. The molecular weight excluding hydrogens is 428 g/mol. The number of sulfone groups is 1. The van der Waals surface area contributed by atoms with Crippen molar-refractivity contribution in [2.45, 2.75) is 53.9 Å². The second kappa shape index (κ2) is 6.05. The highest BCUT2D eigenvalue weighted by Gasteiger charge is 2.50. The average Bonchev–Trinajstić information content (AvgIpc) is 2.55. The predicted octanol–water partition coefficient (Wildman–Crippen LogP) is 2.75. The van der Waals surface area contributed by atoms with Crippen LogP contribution < -0.4 is 4.72 Å². The molecule has 3 fully saturated rings. The number of sulfonamides is 1. The zero-order chi connectivity index (χ0) is 18.5. The molecule has 1 aromatic carbocycles. The zero-order valence-corrected chi connectivity index (χ0v) is 17.0. The normalized spacial score (nSPS) is 29.3. The summed E-state index contributed by atoms with van der Waals surface area (Å²) in [5.41, 5.74) is -0.901. The van der Waals surface area contributed by atoms with E-state index in [4.69, 9.17) is 0 Å². The van der Waals surface area contributed by atoms with E-state index in [0.29, 0.717) is 43.0 Å². The summed E-state index contributed by atoms with van der Waals surface area (Å²) in [5, 5.41) is 9.35. The van der Waals surface area contributed by atoms with Crippen LogP contribution in [0.15, 0.2) is 32.5 Å². The van der Waals surface area contributed by atoms with Crippen molar-refractivity contribution in [2.24, 2.45) is 5.41 Å². The van der Waals surface area contributed by atoms with Crippen molar-refractivity contribution in [3.63, 3.8) is 0 Å². The van der Waals surface area contributed by atoms with Crippen molar-refractivity contribution in [3.8, 4) is 6.07 Å². The van der Waals surface area contributed by atoms with Crippen LogP contribution in [0, 0.1) is 16.7 Å². The number of fused-ring (bicyclic) bond motifs is 3. The molecule has 0 aliphatic heterocycles. The Balaban J connectivity index is 1.96. The lowest BCUT2D eigenvalue weighted by Gasteiger charge is -2.50. The van der Waals surface area contributed by atoms with Crippen molar-refractivity contribution in [1.29, 1.82) is 5.26 Å². The topological polar surface area (TPSA) is 104 Å². The fourth-order valence-electron chi connectivity index (χ4n) is 3.84. The lowest BCUT2D eigenvalue weighted by molar-refractivity contribution is 0.0786. The minimum absolute atomic E-state index is 0.219. The summed E-state index contributed by atoms with van der Waals surface area (Å²) >= 11 is 3.19. The van der Waals surface area contributed by atoms with Crippen LogP contribution in [-0.2, 0) is 19.9 Å². The first kappa shape index (κ1) is 18.8. The minimum atomic E-state index is -4.00. The molecule has 136 valence electrons. The van der Waals surface area contributed by atoms with Gasteiger partial charge in [-0.2, -0.15) is 5.26 Å². The molecule has 0 unspecified atom stereocenters. The van der Waals surface area contributed by atoms with Crippen LogP contribution in [0.1, 0.15) is 38.5 Å². The van der Waals surface area contributed by atoms with Gasteiger partial charge >= 0.3 is 0 Å². The minimum Gasteiger partial charge on any atom is -0.224 e. The summed E-state index contributed by atoms with van der Waals surface area (Å²) in [7, 11) is -7.70. The van der Waals surface area contributed by atoms with Gasteiger partial charge < -0.3 is 0 Å². The molecule has 3 aliphatic carbocycles. The van der Waals surface area contributed by atoms with E-state index < -0.39 is 25.4 Å². The van der Waals surface area contributed by atoms with Crippen LogP contribution in [-0.4, -0.2) is 28.6 Å². The molecule has 1 aromatic rings. The molecule has 0 radical (unpaired) electrons. The van der Waals surface area contributed by atoms with Gasteiger partial charge in [-0.3, -0.25) is 0 Å². The van der Waals surface area contributed by atoms with Gasteiger partial charge in [0.05, 0.1) is 16.4 Å². The number of nitriles is 1. The Labute approximate surface area is 156 Å². The van der Waals surface area contributed by atoms with Gasteiger partial charge in [0.2, 0.25) is 10.0 Å². The summed E-state index contributed by atoms with van der Waals surface area (Å²) < 4.78 is 53.2. The number of nitrogens with zero attached hydrogens (tertiary/aromatic N) is 1. The van der Waals surface area contributed by atoms with Crippen LogP contribution in [0.2, 0.25) is 0 Å². The number of hydrogen-bond acceptors (Lipinski definition) is 5. The van der Waals surface area contributed by atoms with Gasteiger partial charge in [-0.15, -0.1) is 0 Å². The van der Waals surface area contributed by atoms with E-state index in [-0.39, 0.29) is 15.2 Å². The summed E-state index contributed by atoms with van der Waals surface area (Å²) in [6, 6.07) is 6.53. The van der Waals surface area contributed by atoms with Gasteiger partial charge in [-0.05, 0) is 56.7 Å². The lowest BCUT2D eigenvalue weighted by Crippen LogP contribution is -2.56. The highest BCUT2D eigenvalue weighted by atomic mass is 79.9. The van der Waals surface area contributed by atoms with Crippen LogP contribution in [0.25, 0.3) is 0 Å². The molecule has 25 heavy (non-hydrogen) atoms. The number of rotatable bonds is 4. The van der Waals surface area contributed by atoms with E-state index >= 15 is 0 Å². The van der Waals surface area contributed by atoms with Gasteiger partial charge in [0.25, 0.3) is 0 Å². The van der Waals surface area contributed by atoms with Crippen molar-refractivity contribution in [2.75, 3.05) is 6.26 Å². The van der Waals surface area contributed by atoms with E-state index in [0.717, 1.165) is 6.26 Å². The Bertz CT molecular complexity index is 940. The van der Waals surface area contributed by atoms with Gasteiger partial charge in [-0.1, -0.05) is 15.9 Å². The molecule has 0 spiro atoms. The maximum absolute atomic E-state index is 13.0. The second-order valence-electron chi connectivity index (χ2n) is 7.14. The van der Waals surface area contributed by atoms with E-state index in [1.54, 1.807) is 0 Å². The monoisotopic (exact) mass is 446 g/mol. The maximum Gasteiger partial charge on any atom is 0.242 e. The van der Waals surface area contributed by atoms with E-state index in [2.05, 4.69) is 26.7 Å². The first-order chi connectivity index (χ1) is 11.5. The Hall–Kier alpha value is -0.950. The summed E-state index contributed by atoms with van der Waals surface area (Å²) in [6.07, 6.45) is 4.82. The van der Waals surface area contributed by atoms with E-state index in [1.165, 1.54) is 18.2 Å². The van der Waals surface area contributed by atoms with Gasteiger partial charge in [0, 0.05) is 16.3 Å². The average molecular weight is 447 g/mol. The second-order valence-corrected chi connectivity index (χ2v) is 11.7. The number of benzene rings is 1. The van der Waals surface area contributed by atoms with Gasteiger partial charge in [-0.25, -0.2) is 21.6 Å². The molecule has 3 aliphatic rings. The highest BCUT2D eigenvalue weighted by molar-refractivity contribution is 9.10. The fourth-order valence-corrected chi connectivity index (χ4v) is 7.47. The largest absolute Gasteiger partial charge is 0.242 e. The highest BCUT2D eigenvalue weighted by Crippen LogP contribution is 2.52. The molecule has 1 N–H and O–H groups in total. The Morgan fingerprint density at radius 2 is 1.60 bits per heavy atom. The van der Waals surface area contributed by atoms with Crippen LogP contribution in [0.5, 0.6) is 0 Å². The fraction of sp³-hybridized carbons (Fsp3) is 0.562. The Morgan fingerprint density at radius 1 is 1.04 bits per heavy atom. The van der Waals surface area contributed by atoms with Crippen LogP contribution in [0.3, 0.4) is 0 Å². The zero-order valence-electron chi connectivity index (χ0n) is 13.7. The van der Waals surface area contributed by atoms with Crippen molar-refractivity contribution in [3.05, 3.63) is 22.7 Å². The third-order valence-electron chi connectivity index (χ3n) is 5.43. The first-order valence-electron chi connectivity index (χ1n) is 7.96. The van der Waals surface area contributed by atoms with Crippen molar-refractivity contribution < 1.29 is 16.8 Å². The van der Waals surface area contributed by atoms with Gasteiger partial charge in [0.1, 0.15) is 4.90 Å². The van der Waals surface area contributed by atoms with Crippen LogP contribution in [0.4, 0.5) is 0 Å². The number of nitrogens with one attached hydrogen (secondary N) is 1. The van der Waals surface area contributed by atoms with Crippen molar-refractivity contribution in [1.82, 2.24) is 4.72 Å². The molecule has 2 bridgehead atoms. The molecule has 6 nitrogen and oxygen atoms in total. The number of halogens is 1. The van der Waals surface area contributed by atoms with E-state index in [1.807, 2.05) is 0 Å². The van der Waals surface area contributed by atoms with Crippen LogP contribution >= 0.6 is 15.9 Å². The molecule has 0 amide bonds. The van der Waals surface area contributed by atoms with Crippen molar-refractivity contribution >= 4 is 35.8 Å². The standard InChI is InChI=1S/C16H19BrN2O4S2/c1-24(20,21)14-10-12(17)2-3-13(14)25(22,23)19-16-7-4-15(11-18,5-8-16)6-9-16/h2-3,10,19H,4-9H2,1H3. The third-order valence-corrected chi connectivity index (χ3v) is 8.83. The predicted molar refractivity (Wildman–Crippen MR) is 96.1 cm³/mol. The van der Waals surface area contributed by atoms with E-state index in [9.17, 15) is 22.1 Å². The Kier molecular flexibility index (Phi) is 4.55. The molecule has 0 heterocycles. The first-order valence-corrected chi connectivity index (χ1v) is 12.1. The maximum atomic E-state index is 13.0. The Morgan fingerprint density at radius 3 is 2.08 bits per heavy atom. The quantitative estimate of drug-likeness (QED) is 0.765. The summed E-state index contributed by atoms with van der Waals surface area (Å²) in [6.45, 7) is 0. The molecule has 9 heteroatoms. The molecule has 0 saturated heterocycles.